The highest BCUT2D eigenvalue weighted by molar-refractivity contribution is 7.88. The molecule has 0 radical (unpaired) electrons. The van der Waals surface area contributed by atoms with E-state index in [1.54, 1.807) is 28.6 Å². The van der Waals surface area contributed by atoms with E-state index in [0.29, 0.717) is 12.1 Å². The molecule has 0 amide bonds. The second kappa shape index (κ2) is 6.38. The fourth-order valence-corrected chi connectivity index (χ4v) is 4.47. The van der Waals surface area contributed by atoms with Gasteiger partial charge in [-0.05, 0) is 37.5 Å². The zero-order valence-corrected chi connectivity index (χ0v) is 12.6. The smallest absolute Gasteiger partial charge is 0.212 e. The van der Waals surface area contributed by atoms with Gasteiger partial charge < -0.3 is 0 Å². The van der Waals surface area contributed by atoms with Crippen LogP contribution in [0.2, 0.25) is 0 Å². The second-order valence-corrected chi connectivity index (χ2v) is 7.30. The second-order valence-electron chi connectivity index (χ2n) is 5.37. The number of rotatable bonds is 3. The molecule has 20 heavy (non-hydrogen) atoms. The van der Waals surface area contributed by atoms with Gasteiger partial charge in [0.1, 0.15) is 0 Å². The van der Waals surface area contributed by atoms with Gasteiger partial charge in [0.15, 0.2) is 0 Å². The molecule has 0 bridgehead atoms. The summed E-state index contributed by atoms with van der Waals surface area (Å²) in [5.74, 6) is 0.0169. The molecule has 0 aromatic heterocycles. The van der Waals surface area contributed by atoms with Gasteiger partial charge in [-0.15, -0.1) is 0 Å². The molecule has 108 valence electrons. The molecular weight excluding hydrogens is 272 g/mol. The SMILES string of the molecule is CC1CCCCCN1S(=O)(=O)Cc1ccc(C#N)cc1. The Morgan fingerprint density at radius 2 is 1.95 bits per heavy atom. The van der Waals surface area contributed by atoms with Crippen molar-refractivity contribution in [1.29, 1.82) is 5.26 Å². The van der Waals surface area contributed by atoms with Crippen molar-refractivity contribution in [2.24, 2.45) is 0 Å². The van der Waals surface area contributed by atoms with Crippen LogP contribution in [-0.4, -0.2) is 25.3 Å². The standard InChI is InChI=1S/C15H20N2O2S/c1-13-5-3-2-4-10-17(13)20(18,19)12-15-8-6-14(11-16)7-9-15/h6-9,13H,2-5,10,12H2,1H3. The molecular formula is C15H20N2O2S. The van der Waals surface area contributed by atoms with Crippen molar-refractivity contribution < 1.29 is 8.42 Å². The minimum Gasteiger partial charge on any atom is -0.212 e. The minimum atomic E-state index is -3.28. The molecule has 4 nitrogen and oxygen atoms in total. The van der Waals surface area contributed by atoms with E-state index in [4.69, 9.17) is 5.26 Å². The Kier molecular flexibility index (Phi) is 4.79. The predicted octanol–water partition coefficient (Wildman–Crippen LogP) is 2.65. The van der Waals surface area contributed by atoms with E-state index in [1.165, 1.54) is 0 Å². The Bertz CT molecular complexity index is 587. The normalized spacial score (nSPS) is 21.1. The highest BCUT2D eigenvalue weighted by Crippen LogP contribution is 2.22. The molecule has 1 aromatic carbocycles. The molecule has 1 atom stereocenters. The summed E-state index contributed by atoms with van der Waals surface area (Å²) in [6.45, 7) is 2.61. The summed E-state index contributed by atoms with van der Waals surface area (Å²) in [6.07, 6.45) is 4.08. The third kappa shape index (κ3) is 3.59. The van der Waals surface area contributed by atoms with Crippen molar-refractivity contribution in [3.05, 3.63) is 35.4 Å². The molecule has 0 spiro atoms. The lowest BCUT2D eigenvalue weighted by molar-refractivity contribution is 0.341. The van der Waals surface area contributed by atoms with Crippen molar-refractivity contribution in [3.8, 4) is 6.07 Å². The van der Waals surface area contributed by atoms with Crippen molar-refractivity contribution in [2.45, 2.75) is 44.4 Å². The van der Waals surface area contributed by atoms with E-state index in [-0.39, 0.29) is 11.8 Å². The van der Waals surface area contributed by atoms with Gasteiger partial charge in [0.2, 0.25) is 10.0 Å². The highest BCUT2D eigenvalue weighted by atomic mass is 32.2. The van der Waals surface area contributed by atoms with Gasteiger partial charge in [-0.2, -0.15) is 9.57 Å². The number of hydrogen-bond acceptors (Lipinski definition) is 3. The molecule has 1 saturated heterocycles. The zero-order chi connectivity index (χ0) is 14.6. The van der Waals surface area contributed by atoms with Gasteiger partial charge in [0.05, 0.1) is 17.4 Å². The lowest BCUT2D eigenvalue weighted by atomic mass is 10.1. The fraction of sp³-hybridized carbons (Fsp3) is 0.533. The van der Waals surface area contributed by atoms with Crippen LogP contribution in [0, 0.1) is 11.3 Å². The van der Waals surface area contributed by atoms with Crippen molar-refractivity contribution in [3.63, 3.8) is 0 Å². The third-order valence-corrected chi connectivity index (χ3v) is 5.74. The van der Waals surface area contributed by atoms with E-state index in [9.17, 15) is 8.42 Å². The molecule has 5 heteroatoms. The summed E-state index contributed by atoms with van der Waals surface area (Å²) >= 11 is 0. The topological polar surface area (TPSA) is 61.2 Å². The van der Waals surface area contributed by atoms with E-state index >= 15 is 0 Å². The Morgan fingerprint density at radius 1 is 1.25 bits per heavy atom. The summed E-state index contributed by atoms with van der Waals surface area (Å²) in [4.78, 5) is 0. The van der Waals surface area contributed by atoms with Crippen LogP contribution in [0.3, 0.4) is 0 Å². The molecule has 0 N–H and O–H groups in total. The van der Waals surface area contributed by atoms with Gasteiger partial charge in [0, 0.05) is 12.6 Å². The number of benzene rings is 1. The maximum Gasteiger partial charge on any atom is 0.218 e. The largest absolute Gasteiger partial charge is 0.218 e. The van der Waals surface area contributed by atoms with Crippen molar-refractivity contribution in [1.82, 2.24) is 4.31 Å². The molecule has 1 aliphatic heterocycles. The average Bonchev–Trinajstić information content (AvgIpc) is 2.64. The van der Waals surface area contributed by atoms with Crippen molar-refractivity contribution in [2.75, 3.05) is 6.54 Å². The Morgan fingerprint density at radius 3 is 2.60 bits per heavy atom. The van der Waals surface area contributed by atoms with E-state index in [2.05, 4.69) is 0 Å². The summed E-state index contributed by atoms with van der Waals surface area (Å²) in [7, 11) is -3.28. The molecule has 1 unspecified atom stereocenters. The molecule has 1 heterocycles. The predicted molar refractivity (Wildman–Crippen MR) is 78.4 cm³/mol. The summed E-state index contributed by atoms with van der Waals surface area (Å²) in [5.41, 5.74) is 1.29. The number of nitriles is 1. The first kappa shape index (κ1) is 15.0. The molecule has 0 aliphatic carbocycles. The maximum atomic E-state index is 12.5. The van der Waals surface area contributed by atoms with Gasteiger partial charge in [0.25, 0.3) is 0 Å². The van der Waals surface area contributed by atoms with Gasteiger partial charge in [-0.25, -0.2) is 8.42 Å². The maximum absolute atomic E-state index is 12.5. The minimum absolute atomic E-state index is 0.0169. The Labute approximate surface area is 121 Å². The first-order valence-corrected chi connectivity index (χ1v) is 8.62. The average molecular weight is 292 g/mol. The van der Waals surface area contributed by atoms with Gasteiger partial charge in [-0.3, -0.25) is 0 Å². The summed E-state index contributed by atoms with van der Waals surface area (Å²) in [6, 6.07) is 8.89. The monoisotopic (exact) mass is 292 g/mol. The van der Waals surface area contributed by atoms with Crippen LogP contribution in [-0.2, 0) is 15.8 Å². The van der Waals surface area contributed by atoms with Crippen LogP contribution in [0.15, 0.2) is 24.3 Å². The molecule has 0 saturated carbocycles. The van der Waals surface area contributed by atoms with Crippen LogP contribution in [0.4, 0.5) is 0 Å². The highest BCUT2D eigenvalue weighted by Gasteiger charge is 2.28. The quantitative estimate of drug-likeness (QED) is 0.860. The van der Waals surface area contributed by atoms with E-state index in [0.717, 1.165) is 31.2 Å². The summed E-state index contributed by atoms with van der Waals surface area (Å²) < 4.78 is 26.7. The molecule has 1 aromatic rings. The molecule has 2 rings (SSSR count). The fourth-order valence-electron chi connectivity index (χ4n) is 2.63. The number of nitrogens with zero attached hydrogens (tertiary/aromatic N) is 2. The van der Waals surface area contributed by atoms with Gasteiger partial charge >= 0.3 is 0 Å². The molecule has 1 fully saturated rings. The van der Waals surface area contributed by atoms with Crippen LogP contribution in [0.25, 0.3) is 0 Å². The first-order valence-electron chi connectivity index (χ1n) is 7.01. The number of sulfonamides is 1. The Hall–Kier alpha value is -1.38. The van der Waals surface area contributed by atoms with Crippen LogP contribution < -0.4 is 0 Å². The molecule has 1 aliphatic rings. The van der Waals surface area contributed by atoms with Crippen molar-refractivity contribution >= 4 is 10.0 Å². The third-order valence-electron chi connectivity index (χ3n) is 3.78. The lowest BCUT2D eigenvalue weighted by Crippen LogP contribution is -2.38. The zero-order valence-electron chi connectivity index (χ0n) is 11.7. The lowest BCUT2D eigenvalue weighted by Gasteiger charge is -2.26. The van der Waals surface area contributed by atoms with Gasteiger partial charge in [-0.1, -0.05) is 25.0 Å². The van der Waals surface area contributed by atoms with Crippen LogP contribution >= 0.6 is 0 Å². The van der Waals surface area contributed by atoms with E-state index in [1.807, 2.05) is 13.0 Å². The van der Waals surface area contributed by atoms with Crippen LogP contribution in [0.5, 0.6) is 0 Å². The summed E-state index contributed by atoms with van der Waals surface area (Å²) in [5, 5.41) is 8.75. The Balaban J connectivity index is 2.15. The van der Waals surface area contributed by atoms with E-state index < -0.39 is 10.0 Å². The van der Waals surface area contributed by atoms with Crippen LogP contribution in [0.1, 0.15) is 43.7 Å². The first-order chi connectivity index (χ1) is 9.53. The number of hydrogen-bond donors (Lipinski definition) is 0.